The van der Waals surface area contributed by atoms with Crippen molar-refractivity contribution in [3.05, 3.63) is 12.2 Å². The zero-order valence-electron chi connectivity index (χ0n) is 15.7. The molecule has 0 saturated heterocycles. The van der Waals surface area contributed by atoms with Crippen molar-refractivity contribution >= 4 is 8.32 Å². The second kappa shape index (κ2) is 9.11. The molecular weight excluding hydrogens is 276 g/mol. The summed E-state index contributed by atoms with van der Waals surface area (Å²) in [6, 6.07) is 0. The van der Waals surface area contributed by atoms with E-state index in [9.17, 15) is 5.11 Å². The summed E-state index contributed by atoms with van der Waals surface area (Å²) in [5.41, 5.74) is 1.82. The van der Waals surface area contributed by atoms with Gasteiger partial charge in [0.15, 0.2) is 0 Å². The minimum Gasteiger partial charge on any atom is -0.413 e. The van der Waals surface area contributed by atoms with E-state index >= 15 is 0 Å². The molecule has 0 saturated carbocycles. The summed E-state index contributed by atoms with van der Waals surface area (Å²) in [5, 5.41) is 10.1. The third-order valence-corrected chi connectivity index (χ3v) is 11.0. The lowest BCUT2D eigenvalue weighted by molar-refractivity contribution is 0.105. The van der Waals surface area contributed by atoms with Gasteiger partial charge in [-0.3, -0.25) is 0 Å². The van der Waals surface area contributed by atoms with Gasteiger partial charge in [-0.2, -0.15) is 0 Å². The topological polar surface area (TPSA) is 29.5 Å². The van der Waals surface area contributed by atoms with Crippen LogP contribution in [0.25, 0.3) is 0 Å². The molecule has 0 aliphatic heterocycles. The van der Waals surface area contributed by atoms with E-state index in [-0.39, 0.29) is 18.1 Å². The Bertz CT molecular complexity index is 289. The minimum absolute atomic E-state index is 0.207. The Morgan fingerprint density at radius 3 is 1.67 bits per heavy atom. The van der Waals surface area contributed by atoms with Crippen molar-refractivity contribution in [2.24, 2.45) is 5.92 Å². The summed E-state index contributed by atoms with van der Waals surface area (Å²) in [7, 11) is -1.81. The number of hydrogen-bond acceptors (Lipinski definition) is 2. The third kappa shape index (κ3) is 5.54. The molecule has 0 heterocycles. The Kier molecular flexibility index (Phi) is 9.06. The molecule has 126 valence electrons. The van der Waals surface area contributed by atoms with Gasteiger partial charge in [0.05, 0.1) is 6.10 Å². The van der Waals surface area contributed by atoms with Crippen LogP contribution in [0.15, 0.2) is 12.2 Å². The normalized spacial score (nSPS) is 18.0. The van der Waals surface area contributed by atoms with E-state index in [2.05, 4.69) is 55.4 Å². The summed E-state index contributed by atoms with van der Waals surface area (Å²) in [5.74, 6) is 0.231. The lowest BCUT2D eigenvalue weighted by Crippen LogP contribution is -2.50. The van der Waals surface area contributed by atoms with Crippen LogP contribution in [0.5, 0.6) is 0 Å². The van der Waals surface area contributed by atoms with Gasteiger partial charge in [0.25, 0.3) is 0 Å². The van der Waals surface area contributed by atoms with Crippen molar-refractivity contribution in [3.63, 3.8) is 0 Å². The molecule has 0 unspecified atom stereocenters. The van der Waals surface area contributed by atoms with E-state index in [4.69, 9.17) is 4.43 Å². The number of rotatable bonds is 9. The highest BCUT2D eigenvalue weighted by molar-refractivity contribution is 6.77. The first-order valence-corrected chi connectivity index (χ1v) is 10.7. The number of aliphatic hydroxyl groups is 1. The first-order valence-electron chi connectivity index (χ1n) is 8.58. The number of allylic oxidation sites excluding steroid dienone is 1. The van der Waals surface area contributed by atoms with Crippen LogP contribution in [-0.4, -0.2) is 25.6 Å². The lowest BCUT2D eigenvalue weighted by atomic mass is 9.98. The maximum absolute atomic E-state index is 10.1. The van der Waals surface area contributed by atoms with Crippen molar-refractivity contribution in [1.29, 1.82) is 0 Å². The maximum Gasteiger partial charge on any atom is 0.200 e. The van der Waals surface area contributed by atoms with E-state index < -0.39 is 8.32 Å². The van der Waals surface area contributed by atoms with Gasteiger partial charge in [0.1, 0.15) is 0 Å². The second-order valence-electron chi connectivity index (χ2n) is 7.48. The zero-order valence-corrected chi connectivity index (χ0v) is 16.7. The molecule has 2 nitrogen and oxygen atoms in total. The van der Waals surface area contributed by atoms with Gasteiger partial charge in [0.2, 0.25) is 8.32 Å². The first kappa shape index (κ1) is 20.9. The number of aliphatic hydroxyl groups excluding tert-OH is 1. The molecular formula is C18H38O2Si. The number of hydrogen-bond donors (Lipinski definition) is 1. The third-order valence-electron chi connectivity index (χ3n) is 4.79. The fourth-order valence-corrected chi connectivity index (χ4v) is 9.46. The molecule has 0 aliphatic rings. The Labute approximate surface area is 134 Å². The molecule has 3 heteroatoms. The van der Waals surface area contributed by atoms with E-state index in [1.807, 2.05) is 19.1 Å². The lowest BCUT2D eigenvalue weighted by Gasteiger charge is -2.44. The van der Waals surface area contributed by atoms with Crippen molar-refractivity contribution in [2.75, 3.05) is 0 Å². The predicted molar refractivity (Wildman–Crippen MR) is 96.2 cm³/mol. The van der Waals surface area contributed by atoms with Gasteiger partial charge in [0, 0.05) is 6.10 Å². The minimum atomic E-state index is -1.81. The summed E-state index contributed by atoms with van der Waals surface area (Å²) in [6.07, 6.45) is 4.54. The van der Waals surface area contributed by atoms with Gasteiger partial charge in [-0.05, 0) is 42.8 Å². The van der Waals surface area contributed by atoms with Crippen molar-refractivity contribution in [3.8, 4) is 0 Å². The molecule has 0 aromatic rings. The monoisotopic (exact) mass is 314 g/mol. The molecule has 1 N–H and O–H groups in total. The van der Waals surface area contributed by atoms with Gasteiger partial charge in [-0.15, -0.1) is 0 Å². The van der Waals surface area contributed by atoms with Crippen LogP contribution in [0.2, 0.25) is 16.6 Å². The van der Waals surface area contributed by atoms with E-state index in [1.54, 1.807) is 0 Å². The highest BCUT2D eigenvalue weighted by Crippen LogP contribution is 2.43. The van der Waals surface area contributed by atoms with E-state index in [0.717, 1.165) is 6.42 Å². The average Bonchev–Trinajstić information content (AvgIpc) is 2.34. The van der Waals surface area contributed by atoms with Crippen molar-refractivity contribution in [1.82, 2.24) is 0 Å². The molecule has 0 bridgehead atoms. The average molecular weight is 315 g/mol. The van der Waals surface area contributed by atoms with Crippen LogP contribution in [0.4, 0.5) is 0 Å². The first-order chi connectivity index (χ1) is 9.59. The van der Waals surface area contributed by atoms with Crippen molar-refractivity contribution < 1.29 is 9.53 Å². The molecule has 0 spiro atoms. The van der Waals surface area contributed by atoms with Gasteiger partial charge in [-0.25, -0.2) is 0 Å². The summed E-state index contributed by atoms with van der Waals surface area (Å²) < 4.78 is 6.73. The van der Waals surface area contributed by atoms with Crippen LogP contribution >= 0.6 is 0 Å². The molecule has 0 radical (unpaired) electrons. The Hall–Kier alpha value is -0.123. The molecule has 3 atom stereocenters. The fraction of sp³-hybridized carbons (Fsp3) is 0.889. The standard InChI is InChI=1S/C18H38O2Si/c1-10-11-18(19)16(8)12-17(9)20-21(13(2)3,14(4)5)15(6)7/h10-11,13-19H,12H2,1-9H3/b11-10+/t16-,17+,18+/m1/s1. The van der Waals surface area contributed by atoms with Crippen LogP contribution < -0.4 is 0 Å². The largest absolute Gasteiger partial charge is 0.413 e. The van der Waals surface area contributed by atoms with Crippen LogP contribution in [0, 0.1) is 5.92 Å². The van der Waals surface area contributed by atoms with Gasteiger partial charge < -0.3 is 9.53 Å². The van der Waals surface area contributed by atoms with E-state index in [1.165, 1.54) is 0 Å². The van der Waals surface area contributed by atoms with Crippen LogP contribution in [-0.2, 0) is 4.43 Å². The zero-order chi connectivity index (χ0) is 16.8. The molecule has 21 heavy (non-hydrogen) atoms. The molecule has 0 aromatic heterocycles. The van der Waals surface area contributed by atoms with Crippen molar-refractivity contribution in [2.45, 2.75) is 97.6 Å². The van der Waals surface area contributed by atoms with Gasteiger partial charge in [-0.1, -0.05) is 60.6 Å². The quantitative estimate of drug-likeness (QED) is 0.448. The molecule has 0 fully saturated rings. The van der Waals surface area contributed by atoms with Gasteiger partial charge >= 0.3 is 0 Å². The maximum atomic E-state index is 10.1. The highest BCUT2D eigenvalue weighted by atomic mass is 28.4. The second-order valence-corrected chi connectivity index (χ2v) is 12.9. The van der Waals surface area contributed by atoms with Crippen LogP contribution in [0.3, 0.4) is 0 Å². The predicted octanol–water partition coefficient (Wildman–Crippen LogP) is 5.53. The summed E-state index contributed by atoms with van der Waals surface area (Å²) in [4.78, 5) is 0. The van der Waals surface area contributed by atoms with E-state index in [0.29, 0.717) is 16.6 Å². The fourth-order valence-electron chi connectivity index (χ4n) is 3.85. The molecule has 0 rings (SSSR count). The molecule has 0 amide bonds. The Morgan fingerprint density at radius 1 is 0.905 bits per heavy atom. The summed E-state index contributed by atoms with van der Waals surface area (Å²) in [6.45, 7) is 20.1. The summed E-state index contributed by atoms with van der Waals surface area (Å²) >= 11 is 0. The molecule has 0 aromatic carbocycles. The van der Waals surface area contributed by atoms with Crippen LogP contribution in [0.1, 0.15) is 68.7 Å². The SMILES string of the molecule is C/C=C/[C@H](O)[C@H](C)C[C@H](C)O[Si](C(C)C)(C(C)C)C(C)C. The smallest absolute Gasteiger partial charge is 0.200 e. The Balaban J connectivity index is 4.95. The Morgan fingerprint density at radius 2 is 1.33 bits per heavy atom. The molecule has 0 aliphatic carbocycles. The highest BCUT2D eigenvalue weighted by Gasteiger charge is 2.46.